The largest absolute Gasteiger partial charge is 0.564 e. The molecule has 0 unspecified atom stereocenters. The Kier molecular flexibility index (Phi) is 5.94. The number of rotatable bonds is 6. The molecule has 0 radical (unpaired) electrons. The molecule has 5 heteroatoms. The van der Waals surface area contributed by atoms with Gasteiger partial charge in [-0.1, -0.05) is 6.92 Å². The fourth-order valence-electron chi connectivity index (χ4n) is 0.904. The van der Waals surface area contributed by atoms with Crippen molar-refractivity contribution in [2.75, 3.05) is 13.2 Å². The summed E-state index contributed by atoms with van der Waals surface area (Å²) in [4.78, 5) is 11.0. The van der Waals surface area contributed by atoms with E-state index in [0.717, 1.165) is 0 Å². The molecular formula is C8H18O4Si. The third-order valence-electron chi connectivity index (χ3n) is 1.40. The van der Waals surface area contributed by atoms with E-state index in [1.807, 2.05) is 13.8 Å². The van der Waals surface area contributed by atoms with Gasteiger partial charge in [-0.3, -0.25) is 4.79 Å². The molecule has 0 saturated heterocycles. The first-order valence-electron chi connectivity index (χ1n) is 4.57. The summed E-state index contributed by atoms with van der Waals surface area (Å²) in [7, 11) is -2.68. The van der Waals surface area contributed by atoms with E-state index in [1.165, 1.54) is 0 Å². The highest BCUT2D eigenvalue weighted by atomic mass is 28.4. The second kappa shape index (κ2) is 6.12. The van der Waals surface area contributed by atoms with E-state index >= 15 is 0 Å². The number of carbonyl (C=O) groups is 1. The van der Waals surface area contributed by atoms with Crippen molar-refractivity contribution in [1.29, 1.82) is 0 Å². The smallest absolute Gasteiger partial charge is 0.473 e. The molecule has 4 nitrogen and oxygen atoms in total. The van der Waals surface area contributed by atoms with Crippen molar-refractivity contribution in [1.82, 2.24) is 0 Å². The number of hydrogen-bond acceptors (Lipinski definition) is 4. The Bertz CT molecular complexity index is 154. The fourth-order valence-corrected chi connectivity index (χ4v) is 2.71. The first kappa shape index (κ1) is 12.6. The van der Waals surface area contributed by atoms with Crippen LogP contribution in [0.3, 0.4) is 0 Å². The summed E-state index contributed by atoms with van der Waals surface area (Å²) in [6.45, 7) is 8.18. The molecule has 0 spiro atoms. The first-order chi connectivity index (χ1) is 6.08. The number of hydrogen-bond donors (Lipinski definition) is 0. The molecule has 0 heterocycles. The van der Waals surface area contributed by atoms with Gasteiger partial charge in [-0.15, -0.1) is 0 Å². The van der Waals surface area contributed by atoms with Crippen LogP contribution in [0.25, 0.3) is 0 Å². The van der Waals surface area contributed by atoms with Crippen LogP contribution in [0.15, 0.2) is 0 Å². The van der Waals surface area contributed by atoms with Gasteiger partial charge in [-0.2, -0.15) is 0 Å². The lowest BCUT2D eigenvalue weighted by Gasteiger charge is -2.23. The lowest BCUT2D eigenvalue weighted by molar-refractivity contribution is -0.138. The molecule has 0 N–H and O–H groups in total. The van der Waals surface area contributed by atoms with E-state index in [4.69, 9.17) is 13.3 Å². The first-order valence-corrected chi connectivity index (χ1v) is 6.80. The van der Waals surface area contributed by atoms with E-state index in [1.54, 1.807) is 13.5 Å². The summed E-state index contributed by atoms with van der Waals surface area (Å²) >= 11 is 0. The Morgan fingerprint density at radius 2 is 1.62 bits per heavy atom. The predicted molar refractivity (Wildman–Crippen MR) is 51.3 cm³/mol. The molecule has 0 aromatic heterocycles. The van der Waals surface area contributed by atoms with Gasteiger partial charge < -0.3 is 13.3 Å². The Labute approximate surface area is 80.5 Å². The average Bonchev–Trinajstić information content (AvgIpc) is 2.04. The van der Waals surface area contributed by atoms with E-state index in [2.05, 4.69) is 0 Å². The van der Waals surface area contributed by atoms with Crippen LogP contribution in [0.5, 0.6) is 0 Å². The van der Waals surface area contributed by atoms with Gasteiger partial charge in [-0.25, -0.2) is 0 Å². The van der Waals surface area contributed by atoms with Crippen molar-refractivity contribution >= 4 is 14.8 Å². The minimum absolute atomic E-state index is 0.268. The lowest BCUT2D eigenvalue weighted by atomic mass is 10.5. The predicted octanol–water partition coefficient (Wildman–Crippen LogP) is 1.58. The van der Waals surface area contributed by atoms with Crippen LogP contribution in [0, 0.1) is 0 Å². The van der Waals surface area contributed by atoms with Gasteiger partial charge in [0.1, 0.15) is 0 Å². The van der Waals surface area contributed by atoms with Crippen LogP contribution in [-0.4, -0.2) is 28.0 Å². The van der Waals surface area contributed by atoms with E-state index in [9.17, 15) is 4.79 Å². The molecule has 0 aliphatic carbocycles. The summed E-state index contributed by atoms with van der Waals surface area (Å²) in [6, 6.07) is 0. The van der Waals surface area contributed by atoms with Crippen LogP contribution >= 0.6 is 0 Å². The quantitative estimate of drug-likeness (QED) is 0.619. The van der Waals surface area contributed by atoms with Crippen molar-refractivity contribution < 1.29 is 18.1 Å². The highest BCUT2D eigenvalue weighted by molar-refractivity contribution is 6.60. The van der Waals surface area contributed by atoms with Gasteiger partial charge >= 0.3 is 8.80 Å². The molecule has 0 bridgehead atoms. The van der Waals surface area contributed by atoms with Crippen molar-refractivity contribution in [2.24, 2.45) is 0 Å². The van der Waals surface area contributed by atoms with Gasteiger partial charge in [0, 0.05) is 26.2 Å². The van der Waals surface area contributed by atoms with Gasteiger partial charge in [0.05, 0.1) is 0 Å². The van der Waals surface area contributed by atoms with Crippen LogP contribution < -0.4 is 0 Å². The Morgan fingerprint density at radius 1 is 1.15 bits per heavy atom. The molecule has 0 fully saturated rings. The van der Waals surface area contributed by atoms with Gasteiger partial charge in [-0.05, 0) is 13.8 Å². The van der Waals surface area contributed by atoms with Crippen molar-refractivity contribution in [3.8, 4) is 0 Å². The van der Waals surface area contributed by atoms with E-state index in [-0.39, 0.29) is 5.97 Å². The second-order valence-corrected chi connectivity index (χ2v) is 5.06. The van der Waals surface area contributed by atoms with Crippen LogP contribution in [-0.2, 0) is 18.1 Å². The van der Waals surface area contributed by atoms with Crippen LogP contribution in [0.2, 0.25) is 6.55 Å². The van der Waals surface area contributed by atoms with Gasteiger partial charge in [0.25, 0.3) is 5.97 Å². The standard InChI is InChI=1S/C8H18O4Si/c1-5-8(9)12-13(4,10-6-2)11-7-3/h5-7H2,1-4H3. The second-order valence-electron chi connectivity index (χ2n) is 2.56. The third kappa shape index (κ3) is 5.02. The molecule has 0 rings (SSSR count). The topological polar surface area (TPSA) is 44.8 Å². The molecule has 0 aromatic rings. The zero-order chi connectivity index (χ0) is 10.3. The van der Waals surface area contributed by atoms with Crippen LogP contribution in [0.1, 0.15) is 27.2 Å². The molecule has 0 saturated carbocycles. The normalized spacial score (nSPS) is 11.4. The minimum atomic E-state index is -2.68. The van der Waals surface area contributed by atoms with Crippen LogP contribution in [0.4, 0.5) is 0 Å². The summed E-state index contributed by atoms with van der Waals surface area (Å²) in [6.07, 6.45) is 0.350. The van der Waals surface area contributed by atoms with Crippen molar-refractivity contribution in [2.45, 2.75) is 33.7 Å². The van der Waals surface area contributed by atoms with Crippen molar-refractivity contribution in [3.63, 3.8) is 0 Å². The molecule has 0 aliphatic heterocycles. The molecule has 0 atom stereocenters. The van der Waals surface area contributed by atoms with Gasteiger partial charge in [0.2, 0.25) is 0 Å². The molecule has 0 aromatic carbocycles. The summed E-state index contributed by atoms with van der Waals surface area (Å²) in [5, 5.41) is 0. The minimum Gasteiger partial charge on any atom is -0.473 e. The fraction of sp³-hybridized carbons (Fsp3) is 0.875. The lowest BCUT2D eigenvalue weighted by Crippen LogP contribution is -2.44. The monoisotopic (exact) mass is 206 g/mol. The summed E-state index contributed by atoms with van der Waals surface area (Å²) in [5.74, 6) is -0.268. The highest BCUT2D eigenvalue weighted by Crippen LogP contribution is 2.10. The molecule has 13 heavy (non-hydrogen) atoms. The number of carbonyl (C=O) groups excluding carboxylic acids is 1. The average molecular weight is 206 g/mol. The molecule has 0 aliphatic rings. The maximum absolute atomic E-state index is 11.0. The van der Waals surface area contributed by atoms with Gasteiger partial charge in [0.15, 0.2) is 0 Å². The third-order valence-corrected chi connectivity index (χ3v) is 3.63. The maximum Gasteiger partial charge on any atom is 0.564 e. The molecule has 78 valence electrons. The summed E-state index contributed by atoms with van der Waals surface area (Å²) in [5.41, 5.74) is 0. The zero-order valence-corrected chi connectivity index (χ0v) is 9.75. The SMILES string of the molecule is CCO[Si](C)(OCC)OC(=O)CC. The maximum atomic E-state index is 11.0. The Hall–Kier alpha value is -0.393. The van der Waals surface area contributed by atoms with Crippen molar-refractivity contribution in [3.05, 3.63) is 0 Å². The highest BCUT2D eigenvalue weighted by Gasteiger charge is 2.37. The van der Waals surface area contributed by atoms with E-state index < -0.39 is 8.80 Å². The Morgan fingerprint density at radius 3 is 1.92 bits per heavy atom. The van der Waals surface area contributed by atoms with E-state index in [0.29, 0.717) is 19.6 Å². The molecule has 0 amide bonds. The Balaban J connectivity index is 4.13. The molecular weight excluding hydrogens is 188 g/mol. The summed E-state index contributed by atoms with van der Waals surface area (Å²) < 4.78 is 15.8. The zero-order valence-electron chi connectivity index (χ0n) is 8.75.